The maximum Gasteiger partial charge on any atom is 0.349 e. The number of hydrogen-bond donors (Lipinski definition) is 1. The van der Waals surface area contributed by atoms with Crippen LogP contribution in [-0.4, -0.2) is 25.2 Å². The monoisotopic (exact) mass is 241 g/mol. The zero-order valence-electron chi connectivity index (χ0n) is 8.83. The summed E-state index contributed by atoms with van der Waals surface area (Å²) in [4.78, 5) is 11.5. The molecule has 0 unspecified atom stereocenters. The van der Waals surface area contributed by atoms with E-state index in [1.807, 2.05) is 12.1 Å². The summed E-state index contributed by atoms with van der Waals surface area (Å²) in [6.07, 6.45) is -0.632. The molecule has 16 heavy (non-hydrogen) atoms. The molecule has 0 fully saturated rings. The van der Waals surface area contributed by atoms with Crippen molar-refractivity contribution in [1.82, 2.24) is 0 Å². The Morgan fingerprint density at radius 3 is 3.25 bits per heavy atom. The Kier molecular flexibility index (Phi) is 3.19. The van der Waals surface area contributed by atoms with Crippen molar-refractivity contribution in [2.24, 2.45) is 0 Å². The molecule has 1 aromatic rings. The summed E-state index contributed by atoms with van der Waals surface area (Å²) in [7, 11) is 0. The van der Waals surface area contributed by atoms with Gasteiger partial charge in [-0.2, -0.15) is 0 Å². The van der Waals surface area contributed by atoms with Gasteiger partial charge in [-0.15, -0.1) is 0 Å². The van der Waals surface area contributed by atoms with Crippen molar-refractivity contribution >= 4 is 23.3 Å². The third-order valence-electron chi connectivity index (χ3n) is 2.25. The molecule has 0 spiro atoms. The van der Waals surface area contributed by atoms with Crippen LogP contribution in [0.25, 0.3) is 0 Å². The van der Waals surface area contributed by atoms with Gasteiger partial charge in [-0.1, -0.05) is 17.7 Å². The fourth-order valence-electron chi connectivity index (χ4n) is 1.52. The molecule has 5 heteroatoms. The van der Waals surface area contributed by atoms with Crippen molar-refractivity contribution in [2.75, 3.05) is 18.5 Å². The molecule has 1 aliphatic rings. The van der Waals surface area contributed by atoms with E-state index in [0.717, 1.165) is 5.69 Å². The number of ether oxygens (including phenoxy) is 2. The van der Waals surface area contributed by atoms with Gasteiger partial charge in [0.15, 0.2) is 5.75 Å². The quantitative estimate of drug-likeness (QED) is 0.806. The maximum absolute atomic E-state index is 11.5. The van der Waals surface area contributed by atoms with Gasteiger partial charge in [0.25, 0.3) is 0 Å². The number of hydrogen-bond acceptors (Lipinski definition) is 4. The number of halogens is 1. The molecule has 0 radical (unpaired) electrons. The second-order valence-electron chi connectivity index (χ2n) is 3.36. The van der Waals surface area contributed by atoms with Crippen molar-refractivity contribution in [3.63, 3.8) is 0 Å². The number of carbonyl (C=O) groups excluding carboxylic acids is 1. The van der Waals surface area contributed by atoms with Crippen molar-refractivity contribution in [1.29, 1.82) is 0 Å². The van der Waals surface area contributed by atoms with Crippen molar-refractivity contribution in [2.45, 2.75) is 13.0 Å². The molecule has 86 valence electrons. The molecule has 1 atom stereocenters. The summed E-state index contributed by atoms with van der Waals surface area (Å²) in [5.74, 6) is 0.133. The Labute approximate surface area is 98.5 Å². The zero-order chi connectivity index (χ0) is 11.5. The van der Waals surface area contributed by atoms with E-state index >= 15 is 0 Å². The first-order valence-corrected chi connectivity index (χ1v) is 5.46. The molecule has 1 heterocycles. The van der Waals surface area contributed by atoms with Crippen LogP contribution in [0.1, 0.15) is 6.92 Å². The van der Waals surface area contributed by atoms with Crippen molar-refractivity contribution in [3.05, 3.63) is 23.2 Å². The minimum absolute atomic E-state index is 0.341. The summed E-state index contributed by atoms with van der Waals surface area (Å²) in [5, 5.41) is 3.57. The third-order valence-corrected chi connectivity index (χ3v) is 2.55. The number of para-hydroxylation sites is 1. The molecule has 0 saturated heterocycles. The molecule has 2 rings (SSSR count). The van der Waals surface area contributed by atoms with Gasteiger partial charge in [0.1, 0.15) is 0 Å². The first kappa shape index (κ1) is 11.1. The van der Waals surface area contributed by atoms with E-state index in [9.17, 15) is 4.79 Å². The molecule has 0 saturated carbocycles. The van der Waals surface area contributed by atoms with E-state index in [0.29, 0.717) is 23.9 Å². The molecule has 4 nitrogen and oxygen atoms in total. The van der Waals surface area contributed by atoms with E-state index in [4.69, 9.17) is 21.1 Å². The highest BCUT2D eigenvalue weighted by atomic mass is 35.5. The van der Waals surface area contributed by atoms with Gasteiger partial charge in [-0.05, 0) is 19.1 Å². The van der Waals surface area contributed by atoms with Crippen LogP contribution in [0.3, 0.4) is 0 Å². The number of rotatable bonds is 2. The Balaban J connectivity index is 2.17. The van der Waals surface area contributed by atoms with Gasteiger partial charge in [-0.3, -0.25) is 0 Å². The Morgan fingerprint density at radius 2 is 2.50 bits per heavy atom. The number of carbonyl (C=O) groups is 1. The van der Waals surface area contributed by atoms with E-state index in [2.05, 4.69) is 5.32 Å². The summed E-state index contributed by atoms with van der Waals surface area (Å²) < 4.78 is 10.4. The highest BCUT2D eigenvalue weighted by Crippen LogP contribution is 2.36. The number of esters is 1. The summed E-state index contributed by atoms with van der Waals surface area (Å²) >= 11 is 5.97. The minimum atomic E-state index is -0.632. The fourth-order valence-corrected chi connectivity index (χ4v) is 1.74. The standard InChI is InChI=1S/C11H12ClNO3/c1-2-15-11(14)9-6-13-8-5-3-4-7(12)10(8)16-9/h3-5,9,13H,2,6H2,1H3/t9-/m0/s1. The van der Waals surface area contributed by atoms with Crippen LogP contribution in [0.4, 0.5) is 5.69 Å². The molecule has 1 N–H and O–H groups in total. The normalized spacial score (nSPS) is 18.0. The topological polar surface area (TPSA) is 47.6 Å². The van der Waals surface area contributed by atoms with Gasteiger partial charge in [0, 0.05) is 0 Å². The second-order valence-corrected chi connectivity index (χ2v) is 3.76. The predicted octanol–water partition coefficient (Wildman–Crippen LogP) is 2.08. The number of nitrogens with one attached hydrogen (secondary N) is 1. The molecule has 0 amide bonds. The minimum Gasteiger partial charge on any atom is -0.473 e. The molecule has 1 aliphatic heterocycles. The van der Waals surface area contributed by atoms with E-state index in [1.54, 1.807) is 13.0 Å². The highest BCUT2D eigenvalue weighted by molar-refractivity contribution is 6.32. The van der Waals surface area contributed by atoms with Gasteiger partial charge in [-0.25, -0.2) is 4.79 Å². The summed E-state index contributed by atoms with van der Waals surface area (Å²) in [6.45, 7) is 2.50. The lowest BCUT2D eigenvalue weighted by molar-refractivity contribution is -0.150. The Bertz CT molecular complexity index is 408. The zero-order valence-corrected chi connectivity index (χ0v) is 9.58. The van der Waals surface area contributed by atoms with E-state index in [1.165, 1.54) is 0 Å². The van der Waals surface area contributed by atoms with Gasteiger partial charge >= 0.3 is 5.97 Å². The highest BCUT2D eigenvalue weighted by Gasteiger charge is 2.28. The van der Waals surface area contributed by atoms with Crippen LogP contribution in [0, 0.1) is 0 Å². The van der Waals surface area contributed by atoms with Crippen LogP contribution in [0.15, 0.2) is 18.2 Å². The van der Waals surface area contributed by atoms with Gasteiger partial charge in [0.2, 0.25) is 6.10 Å². The molecular formula is C11H12ClNO3. The molecule has 0 aliphatic carbocycles. The summed E-state index contributed by atoms with van der Waals surface area (Å²) in [5.41, 5.74) is 0.799. The van der Waals surface area contributed by atoms with Crippen molar-refractivity contribution in [3.8, 4) is 5.75 Å². The average molecular weight is 242 g/mol. The van der Waals surface area contributed by atoms with Crippen LogP contribution < -0.4 is 10.1 Å². The summed E-state index contributed by atoms with van der Waals surface area (Å²) in [6, 6.07) is 5.39. The van der Waals surface area contributed by atoms with E-state index < -0.39 is 6.10 Å². The number of benzene rings is 1. The maximum atomic E-state index is 11.5. The Morgan fingerprint density at radius 1 is 1.69 bits per heavy atom. The molecule has 0 bridgehead atoms. The lowest BCUT2D eigenvalue weighted by Crippen LogP contribution is -2.39. The van der Waals surface area contributed by atoms with Crippen LogP contribution >= 0.6 is 11.6 Å². The second kappa shape index (κ2) is 4.61. The van der Waals surface area contributed by atoms with Crippen LogP contribution in [-0.2, 0) is 9.53 Å². The van der Waals surface area contributed by atoms with Gasteiger partial charge < -0.3 is 14.8 Å². The van der Waals surface area contributed by atoms with Crippen molar-refractivity contribution < 1.29 is 14.3 Å². The molecule has 0 aromatic heterocycles. The smallest absolute Gasteiger partial charge is 0.349 e. The average Bonchev–Trinajstić information content (AvgIpc) is 2.29. The Hall–Kier alpha value is -1.42. The van der Waals surface area contributed by atoms with Crippen LogP contribution in [0.5, 0.6) is 5.75 Å². The number of anilines is 1. The fraction of sp³-hybridized carbons (Fsp3) is 0.364. The lowest BCUT2D eigenvalue weighted by Gasteiger charge is -2.26. The number of fused-ring (bicyclic) bond motifs is 1. The third kappa shape index (κ3) is 2.07. The predicted molar refractivity (Wildman–Crippen MR) is 61.0 cm³/mol. The molecular weight excluding hydrogens is 230 g/mol. The largest absolute Gasteiger partial charge is 0.473 e. The molecule has 1 aromatic carbocycles. The van der Waals surface area contributed by atoms with Gasteiger partial charge in [0.05, 0.1) is 23.9 Å². The first-order valence-electron chi connectivity index (χ1n) is 5.08. The van der Waals surface area contributed by atoms with Crippen LogP contribution in [0.2, 0.25) is 5.02 Å². The lowest BCUT2D eigenvalue weighted by atomic mass is 10.2. The SMILES string of the molecule is CCOC(=O)[C@@H]1CNc2cccc(Cl)c2O1. The first-order chi connectivity index (χ1) is 7.72. The van der Waals surface area contributed by atoms with E-state index in [-0.39, 0.29) is 5.97 Å².